The maximum atomic E-state index is 12.3. The Labute approximate surface area is 140 Å². The minimum Gasteiger partial charge on any atom is -0.465 e. The van der Waals surface area contributed by atoms with Gasteiger partial charge in [-0.2, -0.15) is 0 Å². The molecule has 1 aromatic heterocycles. The van der Waals surface area contributed by atoms with Gasteiger partial charge in [0.05, 0.1) is 12.7 Å². The van der Waals surface area contributed by atoms with Crippen LogP contribution in [0.3, 0.4) is 0 Å². The minimum absolute atomic E-state index is 0.251. The number of benzene rings is 1. The highest BCUT2D eigenvalue weighted by Crippen LogP contribution is 2.16. The summed E-state index contributed by atoms with van der Waals surface area (Å²) in [6.45, 7) is 0. The van der Waals surface area contributed by atoms with Gasteiger partial charge in [0.25, 0.3) is 10.0 Å². The van der Waals surface area contributed by atoms with Gasteiger partial charge in [0.15, 0.2) is 0 Å². The van der Waals surface area contributed by atoms with Crippen molar-refractivity contribution in [2.45, 2.75) is 4.90 Å². The Morgan fingerprint density at radius 2 is 1.92 bits per heavy atom. The third-order valence-corrected chi connectivity index (χ3v) is 4.63. The normalized spacial score (nSPS) is 11.1. The molecule has 0 bridgehead atoms. The third-order valence-electron chi connectivity index (χ3n) is 2.92. The van der Waals surface area contributed by atoms with Crippen LogP contribution in [0.15, 0.2) is 34.0 Å². The number of carbonyl (C=O) groups excluding carboxylic acids is 2. The molecule has 12 heteroatoms. The highest BCUT2D eigenvalue weighted by molar-refractivity contribution is 7.90. The molecule has 0 fully saturated rings. The Balaban J connectivity index is 2.42. The fourth-order valence-corrected chi connectivity index (χ4v) is 3.01. The second-order valence-corrected chi connectivity index (χ2v) is 6.41. The molecule has 24 heavy (non-hydrogen) atoms. The van der Waals surface area contributed by atoms with Gasteiger partial charge in [0, 0.05) is 7.05 Å². The summed E-state index contributed by atoms with van der Waals surface area (Å²) in [7, 11) is -2.13. The summed E-state index contributed by atoms with van der Waals surface area (Å²) >= 11 is 5.59. The van der Waals surface area contributed by atoms with Crippen molar-refractivity contribution in [1.82, 2.24) is 19.1 Å². The molecule has 2 aromatic rings. The second-order valence-electron chi connectivity index (χ2n) is 4.42. The number of ether oxygens (including phenoxy) is 1. The molecule has 0 aliphatic heterocycles. The lowest BCUT2D eigenvalue weighted by Crippen LogP contribution is -2.40. The van der Waals surface area contributed by atoms with Gasteiger partial charge in [-0.1, -0.05) is 12.1 Å². The summed E-state index contributed by atoms with van der Waals surface area (Å²) < 4.78 is 31.9. The molecular formula is C12H11ClN4O6S. The van der Waals surface area contributed by atoms with Crippen molar-refractivity contribution in [1.29, 1.82) is 0 Å². The average molecular weight is 375 g/mol. The minimum atomic E-state index is -4.47. The van der Waals surface area contributed by atoms with Crippen molar-refractivity contribution in [3.8, 4) is 0 Å². The average Bonchev–Trinajstić information content (AvgIpc) is 2.81. The van der Waals surface area contributed by atoms with Crippen LogP contribution in [0.5, 0.6) is 0 Å². The molecule has 128 valence electrons. The van der Waals surface area contributed by atoms with Crippen LogP contribution in [-0.4, -0.2) is 41.9 Å². The van der Waals surface area contributed by atoms with Gasteiger partial charge in [0.2, 0.25) is 5.28 Å². The monoisotopic (exact) mass is 374 g/mol. The topological polar surface area (TPSA) is 129 Å². The Kier molecular flexibility index (Phi) is 4.76. The SMILES string of the molecule is COC(=O)c1ccccc1S(=O)(=O)NC(=O)n1nc(Cl)n(C)c1=O. The Morgan fingerprint density at radius 3 is 2.46 bits per heavy atom. The van der Waals surface area contributed by atoms with Crippen LogP contribution < -0.4 is 10.4 Å². The van der Waals surface area contributed by atoms with Crippen molar-refractivity contribution in [3.05, 3.63) is 45.6 Å². The zero-order chi connectivity index (χ0) is 18.1. The summed E-state index contributed by atoms with van der Waals surface area (Å²) in [6.07, 6.45) is 0. The summed E-state index contributed by atoms with van der Waals surface area (Å²) in [5.41, 5.74) is -1.21. The third kappa shape index (κ3) is 3.16. The molecule has 0 spiro atoms. The quantitative estimate of drug-likeness (QED) is 0.746. The van der Waals surface area contributed by atoms with E-state index in [0.717, 1.165) is 17.7 Å². The first-order valence-corrected chi connectivity index (χ1v) is 8.11. The van der Waals surface area contributed by atoms with Crippen molar-refractivity contribution >= 4 is 33.6 Å². The molecule has 0 saturated carbocycles. The molecule has 0 radical (unpaired) electrons. The molecule has 0 unspecified atom stereocenters. The van der Waals surface area contributed by atoms with Crippen molar-refractivity contribution < 1.29 is 22.7 Å². The number of rotatable bonds is 3. The van der Waals surface area contributed by atoms with E-state index in [-0.39, 0.29) is 15.5 Å². The van der Waals surface area contributed by atoms with Crippen molar-refractivity contribution in [3.63, 3.8) is 0 Å². The molecule has 0 atom stereocenters. The van der Waals surface area contributed by atoms with Crippen LogP contribution in [0.2, 0.25) is 5.28 Å². The van der Waals surface area contributed by atoms with Crippen LogP contribution in [0, 0.1) is 0 Å². The number of carbonyl (C=O) groups is 2. The van der Waals surface area contributed by atoms with E-state index in [1.54, 1.807) is 4.72 Å². The highest BCUT2D eigenvalue weighted by atomic mass is 35.5. The summed E-state index contributed by atoms with van der Waals surface area (Å²) in [6, 6.07) is 3.76. The zero-order valence-corrected chi connectivity index (χ0v) is 14.0. The number of hydrogen-bond donors (Lipinski definition) is 1. The Bertz CT molecular complexity index is 978. The van der Waals surface area contributed by atoms with E-state index in [0.29, 0.717) is 0 Å². The molecule has 0 aliphatic carbocycles. The smallest absolute Gasteiger partial charge is 0.360 e. The number of sulfonamides is 1. The molecule has 0 saturated heterocycles. The van der Waals surface area contributed by atoms with Gasteiger partial charge in [-0.05, 0) is 23.7 Å². The molecule has 1 N–H and O–H groups in total. The molecule has 1 aromatic carbocycles. The molecule has 1 amide bonds. The lowest BCUT2D eigenvalue weighted by atomic mass is 10.2. The van der Waals surface area contributed by atoms with E-state index < -0.39 is 32.6 Å². The van der Waals surface area contributed by atoms with Crippen LogP contribution in [0.1, 0.15) is 10.4 Å². The number of methoxy groups -OCH3 is 1. The number of aromatic nitrogens is 3. The van der Waals surface area contributed by atoms with E-state index in [4.69, 9.17) is 11.6 Å². The predicted molar refractivity (Wildman–Crippen MR) is 81.4 cm³/mol. The van der Waals surface area contributed by atoms with Crippen LogP contribution in [-0.2, 0) is 21.8 Å². The lowest BCUT2D eigenvalue weighted by molar-refractivity contribution is 0.0596. The Hall–Kier alpha value is -2.66. The number of esters is 1. The second kappa shape index (κ2) is 6.45. The Morgan fingerprint density at radius 1 is 1.29 bits per heavy atom. The molecule has 0 aliphatic rings. The van der Waals surface area contributed by atoms with E-state index in [1.807, 2.05) is 0 Å². The van der Waals surface area contributed by atoms with Crippen LogP contribution in [0.4, 0.5) is 4.79 Å². The molecule has 1 heterocycles. The van der Waals surface area contributed by atoms with Gasteiger partial charge >= 0.3 is 17.7 Å². The van der Waals surface area contributed by atoms with E-state index >= 15 is 0 Å². The number of halogens is 1. The van der Waals surface area contributed by atoms with E-state index in [9.17, 15) is 22.8 Å². The standard InChI is InChI=1S/C12H11ClN4O6S/c1-16-10(13)14-17(12(16)20)11(19)15-24(21,22)8-6-4-3-5-7(8)9(18)23-2/h3-6H,1-2H3,(H,15,19). The zero-order valence-electron chi connectivity index (χ0n) is 12.4. The molecule has 10 nitrogen and oxygen atoms in total. The first kappa shape index (κ1) is 17.7. The number of nitrogens with zero attached hydrogens (tertiary/aromatic N) is 3. The lowest BCUT2D eigenvalue weighted by Gasteiger charge is -2.09. The van der Waals surface area contributed by atoms with Crippen LogP contribution >= 0.6 is 11.6 Å². The number of nitrogens with one attached hydrogen (secondary N) is 1. The maximum Gasteiger partial charge on any atom is 0.360 e. The van der Waals surface area contributed by atoms with Gasteiger partial charge in [-0.25, -0.2) is 27.5 Å². The van der Waals surface area contributed by atoms with Gasteiger partial charge in [0.1, 0.15) is 4.90 Å². The summed E-state index contributed by atoms with van der Waals surface area (Å²) in [5.74, 6) is -0.901. The fraction of sp³-hybridized carbons (Fsp3) is 0.167. The maximum absolute atomic E-state index is 12.3. The van der Waals surface area contributed by atoms with E-state index in [1.165, 1.54) is 25.2 Å². The fourth-order valence-electron chi connectivity index (χ4n) is 1.74. The van der Waals surface area contributed by atoms with Gasteiger partial charge < -0.3 is 4.74 Å². The van der Waals surface area contributed by atoms with Crippen LogP contribution in [0.25, 0.3) is 0 Å². The summed E-state index contributed by atoms with van der Waals surface area (Å²) in [4.78, 5) is 34.9. The first-order valence-electron chi connectivity index (χ1n) is 6.25. The highest BCUT2D eigenvalue weighted by Gasteiger charge is 2.26. The largest absolute Gasteiger partial charge is 0.465 e. The predicted octanol–water partition coefficient (Wildman–Crippen LogP) is -0.0316. The number of amides is 1. The molecule has 2 rings (SSSR count). The van der Waals surface area contributed by atoms with Crippen molar-refractivity contribution in [2.75, 3.05) is 7.11 Å². The van der Waals surface area contributed by atoms with Crippen molar-refractivity contribution in [2.24, 2.45) is 7.05 Å². The number of hydrogen-bond acceptors (Lipinski definition) is 7. The molecular weight excluding hydrogens is 364 g/mol. The first-order chi connectivity index (χ1) is 11.2. The summed E-state index contributed by atoms with van der Waals surface area (Å²) in [5, 5.41) is 3.12. The van der Waals surface area contributed by atoms with Gasteiger partial charge in [-0.3, -0.25) is 4.57 Å². The van der Waals surface area contributed by atoms with Gasteiger partial charge in [-0.15, -0.1) is 9.78 Å². The van der Waals surface area contributed by atoms with E-state index in [2.05, 4.69) is 9.84 Å².